The number of rotatable bonds is 6. The van der Waals surface area contributed by atoms with Gasteiger partial charge in [-0.3, -0.25) is 4.79 Å². The Morgan fingerprint density at radius 2 is 1.69 bits per heavy atom. The first-order valence-corrected chi connectivity index (χ1v) is 9.02. The van der Waals surface area contributed by atoms with Crippen molar-refractivity contribution in [2.45, 2.75) is 25.8 Å². The molecule has 0 saturated heterocycles. The number of amides is 1. The number of aromatic nitrogens is 1. The summed E-state index contributed by atoms with van der Waals surface area (Å²) in [6.45, 7) is 1.94. The van der Waals surface area contributed by atoms with Crippen molar-refractivity contribution in [2.24, 2.45) is 0 Å². The van der Waals surface area contributed by atoms with Gasteiger partial charge in [0.2, 0.25) is 5.91 Å². The number of aryl methyl sites for hydroxylation is 1. The second kappa shape index (κ2) is 8.39. The normalized spacial score (nSPS) is 12.0. The summed E-state index contributed by atoms with van der Waals surface area (Å²) < 4.78 is 5.71. The van der Waals surface area contributed by atoms with Crippen LogP contribution in [0.3, 0.4) is 0 Å². The minimum Gasteiger partial charge on any atom is -0.441 e. The second-order valence-electron chi connectivity index (χ2n) is 5.97. The van der Waals surface area contributed by atoms with E-state index in [-0.39, 0.29) is 11.9 Å². The van der Waals surface area contributed by atoms with Crippen LogP contribution in [0.15, 0.2) is 59.1 Å². The topological polar surface area (TPSA) is 55.1 Å². The number of benzene rings is 2. The maximum absolute atomic E-state index is 12.2. The number of hydrogen-bond donors (Lipinski definition) is 1. The fraction of sp³-hybridized carbons (Fsp3) is 0.200. The summed E-state index contributed by atoms with van der Waals surface area (Å²) in [5, 5.41) is 4.30. The van der Waals surface area contributed by atoms with E-state index in [0.717, 1.165) is 11.1 Å². The highest BCUT2D eigenvalue weighted by Crippen LogP contribution is 2.23. The zero-order valence-electron chi connectivity index (χ0n) is 14.2. The molecule has 4 nitrogen and oxygen atoms in total. The Kier molecular flexibility index (Phi) is 5.96. The first-order chi connectivity index (χ1) is 12.5. The van der Waals surface area contributed by atoms with Gasteiger partial charge >= 0.3 is 0 Å². The maximum Gasteiger partial charge on any atom is 0.220 e. The molecule has 3 rings (SSSR count). The van der Waals surface area contributed by atoms with Crippen LogP contribution in [-0.4, -0.2) is 10.9 Å². The van der Waals surface area contributed by atoms with Gasteiger partial charge in [-0.1, -0.05) is 35.3 Å². The molecule has 0 unspecified atom stereocenters. The van der Waals surface area contributed by atoms with Crippen LogP contribution in [-0.2, 0) is 11.2 Å². The van der Waals surface area contributed by atoms with Crippen molar-refractivity contribution < 1.29 is 9.21 Å². The van der Waals surface area contributed by atoms with Gasteiger partial charge < -0.3 is 9.73 Å². The van der Waals surface area contributed by atoms with E-state index in [9.17, 15) is 4.79 Å². The Balaban J connectivity index is 1.53. The van der Waals surface area contributed by atoms with Crippen molar-refractivity contribution in [3.05, 3.63) is 76.2 Å². The van der Waals surface area contributed by atoms with Gasteiger partial charge in [0.25, 0.3) is 0 Å². The van der Waals surface area contributed by atoms with Crippen LogP contribution in [0, 0.1) is 0 Å². The van der Waals surface area contributed by atoms with Crippen LogP contribution >= 0.6 is 23.2 Å². The number of halogens is 2. The lowest BCUT2D eigenvalue weighted by molar-refractivity contribution is -0.121. The third-order valence-electron chi connectivity index (χ3n) is 4.00. The molecule has 0 bridgehead atoms. The third kappa shape index (κ3) is 4.87. The summed E-state index contributed by atoms with van der Waals surface area (Å²) >= 11 is 11.8. The predicted octanol–water partition coefficient (Wildman–Crippen LogP) is 5.46. The molecule has 1 atom stereocenters. The molecule has 134 valence electrons. The van der Waals surface area contributed by atoms with Crippen LogP contribution in [0.4, 0.5) is 0 Å². The molecular weight excluding hydrogens is 371 g/mol. The minimum atomic E-state index is -0.0889. The lowest BCUT2D eigenvalue weighted by Crippen LogP contribution is -2.26. The van der Waals surface area contributed by atoms with E-state index in [1.807, 2.05) is 43.3 Å². The predicted molar refractivity (Wildman–Crippen MR) is 103 cm³/mol. The van der Waals surface area contributed by atoms with Crippen LogP contribution in [0.5, 0.6) is 0 Å². The van der Waals surface area contributed by atoms with E-state index >= 15 is 0 Å². The zero-order valence-corrected chi connectivity index (χ0v) is 15.7. The largest absolute Gasteiger partial charge is 0.441 e. The van der Waals surface area contributed by atoms with E-state index in [2.05, 4.69) is 10.3 Å². The van der Waals surface area contributed by atoms with Crippen molar-refractivity contribution in [2.75, 3.05) is 0 Å². The highest BCUT2D eigenvalue weighted by atomic mass is 35.5. The van der Waals surface area contributed by atoms with Crippen molar-refractivity contribution in [1.29, 1.82) is 0 Å². The quantitative estimate of drug-likeness (QED) is 0.609. The fourth-order valence-electron chi connectivity index (χ4n) is 2.54. The monoisotopic (exact) mass is 388 g/mol. The molecule has 2 aromatic carbocycles. The average Bonchev–Trinajstić information content (AvgIpc) is 3.10. The summed E-state index contributed by atoms with van der Waals surface area (Å²) in [6.07, 6.45) is 2.40. The highest BCUT2D eigenvalue weighted by molar-refractivity contribution is 6.30. The first kappa shape index (κ1) is 18.5. The van der Waals surface area contributed by atoms with Crippen LogP contribution in [0.2, 0.25) is 10.0 Å². The zero-order chi connectivity index (χ0) is 18.5. The summed E-state index contributed by atoms with van der Waals surface area (Å²) in [6, 6.07) is 14.7. The number of oxazole rings is 1. The SMILES string of the molecule is C[C@H](NC(=O)CCc1ncc(-c2ccc(Cl)cc2)o1)c1ccc(Cl)cc1. The molecule has 0 spiro atoms. The summed E-state index contributed by atoms with van der Waals surface area (Å²) in [5.74, 6) is 1.13. The number of carbonyl (C=O) groups excluding carboxylic acids is 1. The van der Waals surface area contributed by atoms with E-state index in [1.165, 1.54) is 0 Å². The molecule has 0 aliphatic heterocycles. The molecule has 0 saturated carbocycles. The Morgan fingerprint density at radius 3 is 2.35 bits per heavy atom. The lowest BCUT2D eigenvalue weighted by atomic mass is 10.1. The van der Waals surface area contributed by atoms with E-state index in [4.69, 9.17) is 27.6 Å². The number of carbonyl (C=O) groups is 1. The van der Waals surface area contributed by atoms with Gasteiger partial charge in [-0.25, -0.2) is 4.98 Å². The van der Waals surface area contributed by atoms with Crippen LogP contribution in [0.25, 0.3) is 11.3 Å². The number of hydrogen-bond acceptors (Lipinski definition) is 3. The molecule has 0 aliphatic carbocycles. The number of nitrogens with zero attached hydrogens (tertiary/aromatic N) is 1. The molecule has 0 aliphatic rings. The van der Waals surface area contributed by atoms with Gasteiger partial charge in [-0.05, 0) is 48.9 Å². The highest BCUT2D eigenvalue weighted by Gasteiger charge is 2.12. The van der Waals surface area contributed by atoms with Crippen molar-refractivity contribution in [1.82, 2.24) is 10.3 Å². The fourth-order valence-corrected chi connectivity index (χ4v) is 2.79. The van der Waals surface area contributed by atoms with Crippen molar-refractivity contribution in [3.63, 3.8) is 0 Å². The summed E-state index contributed by atoms with van der Waals surface area (Å²) in [4.78, 5) is 16.4. The number of nitrogens with one attached hydrogen (secondary N) is 1. The molecule has 3 aromatic rings. The molecule has 6 heteroatoms. The third-order valence-corrected chi connectivity index (χ3v) is 4.50. The summed E-state index contributed by atoms with van der Waals surface area (Å²) in [5.41, 5.74) is 1.90. The Bertz CT molecular complexity index is 874. The molecule has 1 heterocycles. The Morgan fingerprint density at radius 1 is 1.08 bits per heavy atom. The minimum absolute atomic E-state index is 0.0568. The standard InChI is InChI=1S/C20H18Cl2N2O2/c1-13(14-2-6-16(21)7-3-14)24-19(25)10-11-20-23-12-18(26-20)15-4-8-17(22)9-5-15/h2-9,12-13H,10-11H2,1H3,(H,24,25)/t13-/m0/s1. The maximum atomic E-state index is 12.2. The second-order valence-corrected chi connectivity index (χ2v) is 6.84. The first-order valence-electron chi connectivity index (χ1n) is 8.27. The van der Waals surface area contributed by atoms with Gasteiger partial charge in [0.05, 0.1) is 12.2 Å². The molecule has 0 fully saturated rings. The summed E-state index contributed by atoms with van der Waals surface area (Å²) in [7, 11) is 0. The van der Waals surface area contributed by atoms with Crippen LogP contribution in [0.1, 0.15) is 30.8 Å². The molecular formula is C20H18Cl2N2O2. The van der Waals surface area contributed by atoms with E-state index < -0.39 is 0 Å². The van der Waals surface area contributed by atoms with Crippen molar-refractivity contribution in [3.8, 4) is 11.3 Å². The Labute approximate surface area is 162 Å². The smallest absolute Gasteiger partial charge is 0.220 e. The van der Waals surface area contributed by atoms with E-state index in [0.29, 0.717) is 34.5 Å². The molecule has 1 N–H and O–H groups in total. The van der Waals surface area contributed by atoms with Gasteiger partial charge in [0.1, 0.15) is 0 Å². The van der Waals surface area contributed by atoms with Gasteiger partial charge in [0, 0.05) is 28.5 Å². The van der Waals surface area contributed by atoms with Gasteiger partial charge in [-0.15, -0.1) is 0 Å². The molecule has 0 radical (unpaired) electrons. The Hall–Kier alpha value is -2.30. The van der Waals surface area contributed by atoms with Crippen LogP contribution < -0.4 is 5.32 Å². The molecule has 1 amide bonds. The molecule has 1 aromatic heterocycles. The van der Waals surface area contributed by atoms with Gasteiger partial charge in [-0.2, -0.15) is 0 Å². The van der Waals surface area contributed by atoms with Gasteiger partial charge in [0.15, 0.2) is 11.7 Å². The molecule has 26 heavy (non-hydrogen) atoms. The average molecular weight is 389 g/mol. The van der Waals surface area contributed by atoms with E-state index in [1.54, 1.807) is 18.3 Å². The van der Waals surface area contributed by atoms with Crippen molar-refractivity contribution >= 4 is 29.1 Å². The lowest BCUT2D eigenvalue weighted by Gasteiger charge is -2.14.